The Bertz CT molecular complexity index is 728. The van der Waals surface area contributed by atoms with Crippen molar-refractivity contribution in [1.29, 1.82) is 0 Å². The molecule has 1 heterocycles. The molecule has 0 aliphatic heterocycles. The Labute approximate surface area is 174 Å². The number of benzene rings is 1. The Balaban J connectivity index is 0.000000892. The van der Waals surface area contributed by atoms with Gasteiger partial charge >= 0.3 is 6.09 Å². The van der Waals surface area contributed by atoms with Crippen LogP contribution in [0.15, 0.2) is 40.3 Å². The van der Waals surface area contributed by atoms with E-state index in [1.807, 2.05) is 38.6 Å². The van der Waals surface area contributed by atoms with E-state index in [0.29, 0.717) is 13.1 Å². The number of alkyl carbamates (subject to hydrolysis) is 1. The van der Waals surface area contributed by atoms with Gasteiger partial charge in [0.2, 0.25) is 0 Å². The molecule has 5 nitrogen and oxygen atoms in total. The topological polar surface area (TPSA) is 56.2 Å². The minimum atomic E-state index is -0.482. The smallest absolute Gasteiger partial charge is 0.407 e. The Hall–Kier alpha value is -1.95. The van der Waals surface area contributed by atoms with Crippen molar-refractivity contribution in [3.63, 3.8) is 0 Å². The number of rotatable bonds is 5. The Morgan fingerprint density at radius 1 is 1.18 bits per heavy atom. The lowest BCUT2D eigenvalue weighted by atomic mass is 10.2. The average molecular weight is 406 g/mol. The van der Waals surface area contributed by atoms with Crippen molar-refractivity contribution in [1.82, 2.24) is 15.1 Å². The molecule has 2 aromatic rings. The van der Waals surface area contributed by atoms with E-state index >= 15 is 0 Å². The lowest BCUT2D eigenvalue weighted by molar-refractivity contribution is 0.0525. The van der Waals surface area contributed by atoms with Crippen LogP contribution in [0.5, 0.6) is 0 Å². The van der Waals surface area contributed by atoms with E-state index in [2.05, 4.69) is 62.4 Å². The summed E-state index contributed by atoms with van der Waals surface area (Å²) in [6, 6.07) is 8.43. The second-order valence-corrected chi connectivity index (χ2v) is 9.53. The number of hydrogen-bond donors (Lipinski definition) is 1. The molecule has 0 unspecified atom stereocenters. The third-order valence-corrected chi connectivity index (χ3v) is 4.29. The van der Waals surface area contributed by atoms with Gasteiger partial charge in [-0.2, -0.15) is 5.10 Å². The molecule has 0 fully saturated rings. The summed E-state index contributed by atoms with van der Waals surface area (Å²) >= 11 is 1.70. The second-order valence-electron chi connectivity index (χ2n) is 8.42. The van der Waals surface area contributed by atoms with Gasteiger partial charge in [0.05, 0.1) is 17.1 Å². The van der Waals surface area contributed by atoms with Gasteiger partial charge in [0.1, 0.15) is 5.60 Å². The van der Waals surface area contributed by atoms with Crippen LogP contribution in [-0.4, -0.2) is 28.0 Å². The standard InChI is InChI=1S/C18H25N3O2S.C4H10/c1-13-6-8-15(9-7-13)24-16-12-21(20-14(16)2)11-10-19-17(22)23-18(3,4)5;1-4(2)3/h6-9,12H,10-11H2,1-5H3,(H,19,22);4H,1-3H3. The fourth-order valence-electron chi connectivity index (χ4n) is 2.03. The van der Waals surface area contributed by atoms with E-state index in [1.54, 1.807) is 11.8 Å². The Kier molecular flexibility index (Phi) is 9.59. The van der Waals surface area contributed by atoms with Crippen LogP contribution >= 0.6 is 11.8 Å². The molecular weight excluding hydrogens is 370 g/mol. The quantitative estimate of drug-likeness (QED) is 0.679. The third-order valence-electron chi connectivity index (χ3n) is 3.16. The van der Waals surface area contributed by atoms with Crippen molar-refractivity contribution in [3.8, 4) is 0 Å². The summed E-state index contributed by atoms with van der Waals surface area (Å²) in [5.41, 5.74) is 1.75. The first-order valence-electron chi connectivity index (χ1n) is 9.71. The molecule has 28 heavy (non-hydrogen) atoms. The van der Waals surface area contributed by atoms with Crippen molar-refractivity contribution in [2.75, 3.05) is 6.54 Å². The highest BCUT2D eigenvalue weighted by atomic mass is 32.2. The van der Waals surface area contributed by atoms with Crippen molar-refractivity contribution in [3.05, 3.63) is 41.7 Å². The lowest BCUT2D eigenvalue weighted by Gasteiger charge is -2.19. The van der Waals surface area contributed by atoms with Crippen LogP contribution < -0.4 is 5.32 Å². The minimum absolute atomic E-state index is 0.402. The van der Waals surface area contributed by atoms with E-state index in [1.165, 1.54) is 10.5 Å². The molecule has 0 saturated heterocycles. The molecule has 0 bridgehead atoms. The molecular formula is C22H35N3O2S. The molecule has 0 radical (unpaired) electrons. The van der Waals surface area contributed by atoms with E-state index < -0.39 is 11.7 Å². The zero-order chi connectivity index (χ0) is 21.3. The molecule has 1 aromatic carbocycles. The highest BCUT2D eigenvalue weighted by Crippen LogP contribution is 2.29. The molecule has 0 aliphatic carbocycles. The fourth-order valence-corrected chi connectivity index (χ4v) is 2.92. The van der Waals surface area contributed by atoms with Gasteiger partial charge in [-0.25, -0.2) is 4.79 Å². The van der Waals surface area contributed by atoms with Crippen LogP contribution in [0.3, 0.4) is 0 Å². The van der Waals surface area contributed by atoms with Crippen LogP contribution in [0.4, 0.5) is 4.79 Å². The number of carbonyl (C=O) groups is 1. The van der Waals surface area contributed by atoms with Crippen LogP contribution in [0.2, 0.25) is 0 Å². The summed E-state index contributed by atoms with van der Waals surface area (Å²) < 4.78 is 7.06. The van der Waals surface area contributed by atoms with Crippen molar-refractivity contribution in [2.45, 2.75) is 77.3 Å². The van der Waals surface area contributed by atoms with Gasteiger partial charge in [-0.3, -0.25) is 4.68 Å². The number of amides is 1. The second kappa shape index (κ2) is 11.1. The minimum Gasteiger partial charge on any atom is -0.444 e. The van der Waals surface area contributed by atoms with Gasteiger partial charge in [0.15, 0.2) is 0 Å². The van der Waals surface area contributed by atoms with E-state index in [9.17, 15) is 4.79 Å². The predicted molar refractivity (Wildman–Crippen MR) is 117 cm³/mol. The van der Waals surface area contributed by atoms with Gasteiger partial charge in [-0.15, -0.1) is 0 Å². The summed E-state index contributed by atoms with van der Waals surface area (Å²) in [7, 11) is 0. The van der Waals surface area contributed by atoms with Crippen molar-refractivity contribution in [2.24, 2.45) is 5.92 Å². The zero-order valence-corrected chi connectivity index (χ0v) is 19.3. The van der Waals surface area contributed by atoms with Crippen LogP contribution in [0.25, 0.3) is 0 Å². The Morgan fingerprint density at radius 2 is 1.75 bits per heavy atom. The zero-order valence-electron chi connectivity index (χ0n) is 18.5. The number of aryl methyl sites for hydroxylation is 2. The molecule has 6 heteroatoms. The van der Waals surface area contributed by atoms with E-state index in [4.69, 9.17) is 4.74 Å². The average Bonchev–Trinajstić information content (AvgIpc) is 2.87. The highest BCUT2D eigenvalue weighted by Gasteiger charge is 2.15. The summed E-state index contributed by atoms with van der Waals surface area (Å²) in [6.45, 7) is 17.2. The number of ether oxygens (including phenoxy) is 1. The summed E-state index contributed by atoms with van der Waals surface area (Å²) in [5.74, 6) is 0.833. The summed E-state index contributed by atoms with van der Waals surface area (Å²) in [4.78, 5) is 13.9. The largest absolute Gasteiger partial charge is 0.444 e. The maximum atomic E-state index is 11.6. The van der Waals surface area contributed by atoms with Crippen molar-refractivity contribution >= 4 is 17.9 Å². The van der Waals surface area contributed by atoms with E-state index in [0.717, 1.165) is 16.5 Å². The maximum Gasteiger partial charge on any atom is 0.407 e. The molecule has 1 aromatic heterocycles. The molecule has 156 valence electrons. The molecule has 2 rings (SSSR count). The summed E-state index contributed by atoms with van der Waals surface area (Å²) in [6.07, 6.45) is 1.61. The van der Waals surface area contributed by atoms with Gasteiger partial charge < -0.3 is 10.1 Å². The van der Waals surface area contributed by atoms with Crippen LogP contribution in [0, 0.1) is 19.8 Å². The number of nitrogens with one attached hydrogen (secondary N) is 1. The number of hydrogen-bond acceptors (Lipinski definition) is 4. The molecule has 1 N–H and O–H groups in total. The van der Waals surface area contributed by atoms with Gasteiger partial charge in [0, 0.05) is 17.6 Å². The SMILES string of the molecule is CC(C)C.Cc1ccc(Sc2cn(CCNC(=O)OC(C)(C)C)nc2C)cc1. The highest BCUT2D eigenvalue weighted by molar-refractivity contribution is 7.99. The normalized spacial score (nSPS) is 11.0. The van der Waals surface area contributed by atoms with Crippen LogP contribution in [0.1, 0.15) is 52.8 Å². The first kappa shape index (κ1) is 24.1. The molecule has 0 atom stereocenters. The summed E-state index contributed by atoms with van der Waals surface area (Å²) in [5, 5.41) is 7.24. The first-order chi connectivity index (χ1) is 13.0. The van der Waals surface area contributed by atoms with Crippen LogP contribution in [-0.2, 0) is 11.3 Å². The third kappa shape index (κ3) is 10.4. The molecule has 0 saturated carbocycles. The van der Waals surface area contributed by atoms with Crippen molar-refractivity contribution < 1.29 is 9.53 Å². The maximum absolute atomic E-state index is 11.6. The number of carbonyl (C=O) groups excluding carboxylic acids is 1. The van der Waals surface area contributed by atoms with Gasteiger partial charge in [-0.05, 0) is 52.7 Å². The van der Waals surface area contributed by atoms with Gasteiger partial charge in [0.25, 0.3) is 0 Å². The molecule has 0 spiro atoms. The number of aromatic nitrogens is 2. The Morgan fingerprint density at radius 3 is 2.29 bits per heavy atom. The molecule has 1 amide bonds. The monoisotopic (exact) mass is 405 g/mol. The van der Waals surface area contributed by atoms with E-state index in [-0.39, 0.29) is 0 Å². The first-order valence-corrected chi connectivity index (χ1v) is 10.5. The lowest BCUT2D eigenvalue weighted by Crippen LogP contribution is -2.34. The van der Waals surface area contributed by atoms with Gasteiger partial charge in [-0.1, -0.05) is 50.2 Å². The predicted octanol–water partition coefficient (Wildman–Crippen LogP) is 5.84. The molecule has 0 aliphatic rings. The fraction of sp³-hybridized carbons (Fsp3) is 0.545. The number of nitrogens with zero attached hydrogens (tertiary/aromatic N) is 2.